The van der Waals surface area contributed by atoms with Crippen LogP contribution in [-0.2, 0) is 4.79 Å². The number of aryl methyl sites for hydroxylation is 1. The van der Waals surface area contributed by atoms with Gasteiger partial charge in [-0.1, -0.05) is 18.2 Å². The number of likely N-dealkylation sites (tertiary alicyclic amines) is 1. The van der Waals surface area contributed by atoms with Gasteiger partial charge in [-0.2, -0.15) is 5.10 Å². The fourth-order valence-corrected chi connectivity index (χ4v) is 5.40. The van der Waals surface area contributed by atoms with Gasteiger partial charge < -0.3 is 9.80 Å². The first-order valence-corrected chi connectivity index (χ1v) is 10.4. The zero-order valence-electron chi connectivity index (χ0n) is 15.5. The van der Waals surface area contributed by atoms with Crippen LogP contribution in [0.25, 0.3) is 5.69 Å². The van der Waals surface area contributed by atoms with Crippen molar-refractivity contribution in [2.75, 3.05) is 31.9 Å². The minimum atomic E-state index is 0.0857. The summed E-state index contributed by atoms with van der Waals surface area (Å²) in [5.41, 5.74) is 4.42. The van der Waals surface area contributed by atoms with E-state index in [9.17, 15) is 4.79 Å². The molecule has 5 nitrogen and oxygen atoms in total. The molecule has 0 aliphatic carbocycles. The monoisotopic (exact) mass is 370 g/mol. The summed E-state index contributed by atoms with van der Waals surface area (Å²) in [5.74, 6) is 0.825. The molecule has 0 spiro atoms. The van der Waals surface area contributed by atoms with Gasteiger partial charge in [-0.25, -0.2) is 4.68 Å². The molecule has 1 aromatic heterocycles. The number of benzene rings is 1. The highest BCUT2D eigenvalue weighted by Crippen LogP contribution is 2.41. The number of amides is 1. The highest BCUT2D eigenvalue weighted by molar-refractivity contribution is 8.00. The minimum absolute atomic E-state index is 0.0857. The van der Waals surface area contributed by atoms with Gasteiger partial charge >= 0.3 is 0 Å². The van der Waals surface area contributed by atoms with Crippen molar-refractivity contribution in [1.82, 2.24) is 19.6 Å². The molecule has 26 heavy (non-hydrogen) atoms. The fourth-order valence-electron chi connectivity index (χ4n) is 4.02. The van der Waals surface area contributed by atoms with E-state index in [-0.39, 0.29) is 11.3 Å². The SMILES string of the molecule is Cc1nn(-c2ccccc2)c(C)c1C1SCC(=O)N1CCN1CCCC1. The molecule has 4 rings (SSSR count). The highest BCUT2D eigenvalue weighted by atomic mass is 32.2. The number of hydrogen-bond acceptors (Lipinski definition) is 4. The van der Waals surface area contributed by atoms with Crippen LogP contribution in [0.2, 0.25) is 0 Å². The van der Waals surface area contributed by atoms with E-state index >= 15 is 0 Å². The van der Waals surface area contributed by atoms with Gasteiger partial charge in [-0.15, -0.1) is 11.8 Å². The number of nitrogens with zero attached hydrogens (tertiary/aromatic N) is 4. The Balaban J connectivity index is 1.59. The van der Waals surface area contributed by atoms with Gasteiger partial charge in [0.15, 0.2) is 0 Å². The van der Waals surface area contributed by atoms with Crippen LogP contribution in [-0.4, -0.2) is 57.4 Å². The predicted molar refractivity (Wildman–Crippen MR) is 106 cm³/mol. The molecule has 2 saturated heterocycles. The van der Waals surface area contributed by atoms with Gasteiger partial charge in [0.1, 0.15) is 5.37 Å². The van der Waals surface area contributed by atoms with Crippen LogP contribution >= 0.6 is 11.8 Å². The third-order valence-corrected chi connectivity index (χ3v) is 6.64. The Morgan fingerprint density at radius 3 is 2.58 bits per heavy atom. The van der Waals surface area contributed by atoms with Crippen LogP contribution in [0.3, 0.4) is 0 Å². The molecule has 1 atom stereocenters. The average molecular weight is 371 g/mol. The van der Waals surface area contributed by atoms with Gasteiger partial charge in [0.05, 0.1) is 17.1 Å². The summed E-state index contributed by atoms with van der Waals surface area (Å²) >= 11 is 1.74. The third-order valence-electron chi connectivity index (χ3n) is 5.42. The molecule has 0 saturated carbocycles. The molecule has 138 valence electrons. The lowest BCUT2D eigenvalue weighted by molar-refractivity contribution is -0.128. The molecule has 0 N–H and O–H groups in total. The smallest absolute Gasteiger partial charge is 0.233 e. The lowest BCUT2D eigenvalue weighted by atomic mass is 10.1. The van der Waals surface area contributed by atoms with E-state index in [0.717, 1.165) is 30.2 Å². The summed E-state index contributed by atoms with van der Waals surface area (Å²) in [6.07, 6.45) is 2.57. The molecule has 2 fully saturated rings. The van der Waals surface area contributed by atoms with E-state index in [1.54, 1.807) is 11.8 Å². The first-order chi connectivity index (χ1) is 12.6. The van der Waals surface area contributed by atoms with Gasteiger partial charge in [-0.05, 0) is 51.9 Å². The van der Waals surface area contributed by atoms with Gasteiger partial charge in [0, 0.05) is 24.3 Å². The van der Waals surface area contributed by atoms with E-state index < -0.39 is 0 Å². The lowest BCUT2D eigenvalue weighted by Crippen LogP contribution is -2.36. The van der Waals surface area contributed by atoms with Crippen LogP contribution in [0.5, 0.6) is 0 Å². The van der Waals surface area contributed by atoms with Crippen LogP contribution in [0.15, 0.2) is 30.3 Å². The summed E-state index contributed by atoms with van der Waals surface area (Å²) < 4.78 is 2.01. The van der Waals surface area contributed by atoms with Crippen molar-refractivity contribution in [3.8, 4) is 5.69 Å². The van der Waals surface area contributed by atoms with E-state index in [1.807, 2.05) is 22.9 Å². The van der Waals surface area contributed by atoms with Crippen LogP contribution in [0.1, 0.15) is 35.2 Å². The normalized spacial score (nSPS) is 21.1. The molecule has 2 aliphatic rings. The molecule has 6 heteroatoms. The predicted octanol–water partition coefficient (Wildman–Crippen LogP) is 3.16. The molecular weight excluding hydrogens is 344 g/mol. The van der Waals surface area contributed by atoms with Crippen molar-refractivity contribution in [2.24, 2.45) is 0 Å². The van der Waals surface area contributed by atoms with Crippen molar-refractivity contribution in [1.29, 1.82) is 0 Å². The molecule has 2 aliphatic heterocycles. The van der Waals surface area contributed by atoms with E-state index in [0.29, 0.717) is 5.75 Å². The number of carbonyl (C=O) groups is 1. The maximum Gasteiger partial charge on any atom is 0.233 e. The van der Waals surface area contributed by atoms with Crippen molar-refractivity contribution < 1.29 is 4.79 Å². The first-order valence-electron chi connectivity index (χ1n) is 9.40. The number of thioether (sulfide) groups is 1. The molecular formula is C20H26N4OS. The van der Waals surface area contributed by atoms with Crippen molar-refractivity contribution >= 4 is 17.7 Å². The van der Waals surface area contributed by atoms with Crippen LogP contribution in [0.4, 0.5) is 0 Å². The standard InChI is InChI=1S/C20H26N4OS/c1-15-19(16(2)24(21-15)17-8-4-3-5-9-17)20-23(18(25)14-26-20)13-12-22-10-6-7-11-22/h3-5,8-9,20H,6-7,10-14H2,1-2H3. The van der Waals surface area contributed by atoms with E-state index in [2.05, 4.69) is 35.8 Å². The number of para-hydroxylation sites is 1. The summed E-state index contributed by atoms with van der Waals surface area (Å²) in [4.78, 5) is 17.1. The molecule has 0 bridgehead atoms. The molecule has 3 heterocycles. The van der Waals surface area contributed by atoms with E-state index in [4.69, 9.17) is 5.10 Å². The number of carbonyl (C=O) groups excluding carboxylic acids is 1. The second-order valence-electron chi connectivity index (χ2n) is 7.13. The topological polar surface area (TPSA) is 41.4 Å². The number of rotatable bonds is 5. The molecule has 1 amide bonds. The Labute approximate surface area is 159 Å². The van der Waals surface area contributed by atoms with Crippen molar-refractivity contribution in [3.63, 3.8) is 0 Å². The Bertz CT molecular complexity index is 783. The highest BCUT2D eigenvalue weighted by Gasteiger charge is 2.36. The van der Waals surface area contributed by atoms with E-state index in [1.165, 1.54) is 31.5 Å². The summed E-state index contributed by atoms with van der Waals surface area (Å²) in [6, 6.07) is 10.2. The Hall–Kier alpha value is -1.79. The fraction of sp³-hybridized carbons (Fsp3) is 0.500. The van der Waals surface area contributed by atoms with Gasteiger partial charge in [-0.3, -0.25) is 4.79 Å². The summed E-state index contributed by atoms with van der Waals surface area (Å²) in [7, 11) is 0. The average Bonchev–Trinajstić information content (AvgIpc) is 3.35. The molecule has 2 aromatic rings. The minimum Gasteiger partial charge on any atom is -0.324 e. The summed E-state index contributed by atoms with van der Waals surface area (Å²) in [5, 5.41) is 4.86. The second kappa shape index (κ2) is 7.45. The van der Waals surface area contributed by atoms with Gasteiger partial charge in [0.2, 0.25) is 5.91 Å². The largest absolute Gasteiger partial charge is 0.324 e. The second-order valence-corrected chi connectivity index (χ2v) is 8.20. The number of aromatic nitrogens is 2. The maximum atomic E-state index is 12.5. The molecule has 0 radical (unpaired) electrons. The van der Waals surface area contributed by atoms with Crippen molar-refractivity contribution in [3.05, 3.63) is 47.3 Å². The quantitative estimate of drug-likeness (QED) is 0.811. The zero-order valence-corrected chi connectivity index (χ0v) is 16.3. The first kappa shape index (κ1) is 17.6. The number of hydrogen-bond donors (Lipinski definition) is 0. The summed E-state index contributed by atoms with van der Waals surface area (Å²) in [6.45, 7) is 8.31. The van der Waals surface area contributed by atoms with Crippen LogP contribution in [0, 0.1) is 13.8 Å². The van der Waals surface area contributed by atoms with Crippen molar-refractivity contribution in [2.45, 2.75) is 32.1 Å². The third kappa shape index (κ3) is 3.28. The Morgan fingerprint density at radius 2 is 1.85 bits per heavy atom. The lowest BCUT2D eigenvalue weighted by Gasteiger charge is -2.26. The zero-order chi connectivity index (χ0) is 18.1. The van der Waals surface area contributed by atoms with Gasteiger partial charge in [0.25, 0.3) is 0 Å². The maximum absolute atomic E-state index is 12.5. The Kier molecular flexibility index (Phi) is 5.05. The Morgan fingerprint density at radius 1 is 1.12 bits per heavy atom. The van der Waals surface area contributed by atoms with Crippen LogP contribution < -0.4 is 0 Å². The molecule has 1 unspecified atom stereocenters. The molecule has 1 aromatic carbocycles.